The molecule has 1 aromatic carbocycles. The number of halogens is 1. The monoisotopic (exact) mass is 353 g/mol. The fourth-order valence-corrected chi connectivity index (χ4v) is 2.89. The number of piperidine rings is 1. The fourth-order valence-electron chi connectivity index (χ4n) is 2.89. The van der Waals surface area contributed by atoms with E-state index >= 15 is 0 Å². The summed E-state index contributed by atoms with van der Waals surface area (Å²) in [6.07, 6.45) is 4.24. The van der Waals surface area contributed by atoms with Crippen molar-refractivity contribution in [3.05, 3.63) is 35.9 Å². The molecule has 0 saturated carbocycles. The van der Waals surface area contributed by atoms with Crippen LogP contribution in [0.5, 0.6) is 0 Å². The van der Waals surface area contributed by atoms with Crippen LogP contribution >= 0.6 is 12.4 Å². The molecular weight excluding hydrogens is 326 g/mol. The highest BCUT2D eigenvalue weighted by Crippen LogP contribution is 2.13. The van der Waals surface area contributed by atoms with E-state index in [9.17, 15) is 9.59 Å². The van der Waals surface area contributed by atoms with Crippen LogP contribution in [-0.4, -0.2) is 42.4 Å². The first-order valence-corrected chi connectivity index (χ1v) is 8.50. The van der Waals surface area contributed by atoms with E-state index in [1.54, 1.807) is 0 Å². The Bertz CT molecular complexity index is 502. The number of aryl methyl sites for hydroxylation is 1. The lowest BCUT2D eigenvalue weighted by Gasteiger charge is -2.32. The third kappa shape index (κ3) is 6.89. The van der Waals surface area contributed by atoms with Gasteiger partial charge in [-0.1, -0.05) is 30.3 Å². The summed E-state index contributed by atoms with van der Waals surface area (Å²) in [5, 5.41) is 3.04. The Morgan fingerprint density at radius 1 is 1.12 bits per heavy atom. The molecule has 6 heteroatoms. The molecule has 1 aliphatic heterocycles. The maximum Gasteiger partial charge on any atom is 0.222 e. The first kappa shape index (κ1) is 20.5. The standard InChI is InChI=1S/C18H27N3O2.ClH/c19-12-4-7-17(22)20-16-10-13-21(14-11-16)18(23)9-8-15-5-2-1-3-6-15;/h1-3,5-6,16H,4,7-14,19H2,(H,20,22);1H. The van der Waals surface area contributed by atoms with Crippen molar-refractivity contribution in [3.63, 3.8) is 0 Å². The summed E-state index contributed by atoms with van der Waals surface area (Å²) in [5.41, 5.74) is 6.60. The van der Waals surface area contributed by atoms with Gasteiger partial charge in [-0.25, -0.2) is 0 Å². The molecule has 0 atom stereocenters. The first-order valence-electron chi connectivity index (χ1n) is 8.50. The lowest BCUT2D eigenvalue weighted by molar-refractivity contribution is -0.132. The summed E-state index contributed by atoms with van der Waals surface area (Å²) in [6, 6.07) is 10.3. The highest BCUT2D eigenvalue weighted by molar-refractivity contribution is 5.85. The largest absolute Gasteiger partial charge is 0.353 e. The van der Waals surface area contributed by atoms with Crippen LogP contribution in [0.25, 0.3) is 0 Å². The van der Waals surface area contributed by atoms with Crippen LogP contribution in [0.1, 0.15) is 37.7 Å². The smallest absolute Gasteiger partial charge is 0.222 e. The molecule has 0 unspecified atom stereocenters. The second kappa shape index (κ2) is 11.0. The number of carbonyl (C=O) groups excluding carboxylic acids is 2. The van der Waals surface area contributed by atoms with E-state index in [0.29, 0.717) is 19.4 Å². The van der Waals surface area contributed by atoms with Crippen LogP contribution in [0.3, 0.4) is 0 Å². The van der Waals surface area contributed by atoms with E-state index in [2.05, 4.69) is 17.4 Å². The third-order valence-corrected chi connectivity index (χ3v) is 4.29. The molecule has 24 heavy (non-hydrogen) atoms. The molecule has 134 valence electrons. The molecule has 1 saturated heterocycles. The van der Waals surface area contributed by atoms with Crippen molar-refractivity contribution in [3.8, 4) is 0 Å². The number of amides is 2. The predicted octanol–water partition coefficient (Wildman–Crippen LogP) is 1.89. The number of likely N-dealkylation sites (tertiary alicyclic amines) is 1. The zero-order valence-corrected chi connectivity index (χ0v) is 14.9. The van der Waals surface area contributed by atoms with Gasteiger partial charge in [-0.3, -0.25) is 9.59 Å². The third-order valence-electron chi connectivity index (χ3n) is 4.29. The number of carbonyl (C=O) groups is 2. The highest BCUT2D eigenvalue weighted by Gasteiger charge is 2.23. The normalized spacial score (nSPS) is 14.8. The zero-order chi connectivity index (χ0) is 16.5. The summed E-state index contributed by atoms with van der Waals surface area (Å²) >= 11 is 0. The second-order valence-corrected chi connectivity index (χ2v) is 6.10. The Balaban J connectivity index is 0.00000288. The Kier molecular flexibility index (Phi) is 9.42. The number of nitrogens with zero attached hydrogens (tertiary/aromatic N) is 1. The molecule has 1 heterocycles. The molecular formula is C18H28ClN3O2. The molecule has 3 N–H and O–H groups in total. The van der Waals surface area contributed by atoms with Crippen molar-refractivity contribution in [2.24, 2.45) is 5.73 Å². The summed E-state index contributed by atoms with van der Waals surface area (Å²) in [6.45, 7) is 2.01. The number of nitrogens with one attached hydrogen (secondary N) is 1. The van der Waals surface area contributed by atoms with Gasteiger partial charge in [0, 0.05) is 32.0 Å². The van der Waals surface area contributed by atoms with E-state index in [0.717, 1.165) is 38.8 Å². The van der Waals surface area contributed by atoms with Crippen LogP contribution in [0.2, 0.25) is 0 Å². The molecule has 1 aromatic rings. The molecule has 0 bridgehead atoms. The molecule has 2 amide bonds. The van der Waals surface area contributed by atoms with Gasteiger partial charge in [-0.05, 0) is 37.8 Å². The fraction of sp³-hybridized carbons (Fsp3) is 0.556. The van der Waals surface area contributed by atoms with Gasteiger partial charge in [0.05, 0.1) is 0 Å². The summed E-state index contributed by atoms with van der Waals surface area (Å²) in [4.78, 5) is 25.9. The minimum atomic E-state index is 0. The van der Waals surface area contributed by atoms with Gasteiger partial charge in [0.2, 0.25) is 11.8 Å². The average molecular weight is 354 g/mol. The van der Waals surface area contributed by atoms with E-state index < -0.39 is 0 Å². The van der Waals surface area contributed by atoms with E-state index in [4.69, 9.17) is 5.73 Å². The van der Waals surface area contributed by atoms with Crippen LogP contribution in [0.15, 0.2) is 30.3 Å². The molecule has 2 rings (SSSR count). The summed E-state index contributed by atoms with van der Waals surface area (Å²) in [7, 11) is 0. The number of benzene rings is 1. The molecule has 0 spiro atoms. The van der Waals surface area contributed by atoms with E-state index in [1.165, 1.54) is 5.56 Å². The van der Waals surface area contributed by atoms with Crippen molar-refractivity contribution in [2.45, 2.75) is 44.6 Å². The summed E-state index contributed by atoms with van der Waals surface area (Å²) in [5.74, 6) is 0.283. The molecule has 0 radical (unpaired) electrons. The van der Waals surface area contributed by atoms with Gasteiger partial charge < -0.3 is 16.0 Å². The lowest BCUT2D eigenvalue weighted by Crippen LogP contribution is -2.46. The quantitative estimate of drug-likeness (QED) is 0.786. The number of rotatable bonds is 7. The van der Waals surface area contributed by atoms with Crippen LogP contribution < -0.4 is 11.1 Å². The number of hydrogen-bond acceptors (Lipinski definition) is 3. The Morgan fingerprint density at radius 3 is 2.42 bits per heavy atom. The van der Waals surface area contributed by atoms with Gasteiger partial charge in [0.15, 0.2) is 0 Å². The van der Waals surface area contributed by atoms with Crippen LogP contribution in [0.4, 0.5) is 0 Å². The zero-order valence-electron chi connectivity index (χ0n) is 14.1. The van der Waals surface area contributed by atoms with Crippen molar-refractivity contribution < 1.29 is 9.59 Å². The Labute approximate surface area is 150 Å². The minimum Gasteiger partial charge on any atom is -0.353 e. The van der Waals surface area contributed by atoms with E-state index in [1.807, 2.05) is 23.1 Å². The number of nitrogens with two attached hydrogens (primary N) is 1. The van der Waals surface area contributed by atoms with Crippen molar-refractivity contribution in [2.75, 3.05) is 19.6 Å². The SMILES string of the molecule is Cl.NCCCC(=O)NC1CCN(C(=O)CCc2ccccc2)CC1. The molecule has 1 aliphatic rings. The molecule has 1 fully saturated rings. The van der Waals surface area contributed by atoms with Gasteiger partial charge in [0.1, 0.15) is 0 Å². The van der Waals surface area contributed by atoms with Gasteiger partial charge in [-0.2, -0.15) is 0 Å². The predicted molar refractivity (Wildman–Crippen MR) is 98.0 cm³/mol. The van der Waals surface area contributed by atoms with Gasteiger partial charge in [-0.15, -0.1) is 12.4 Å². The Morgan fingerprint density at radius 2 is 1.79 bits per heavy atom. The lowest BCUT2D eigenvalue weighted by atomic mass is 10.0. The molecule has 0 aromatic heterocycles. The summed E-state index contributed by atoms with van der Waals surface area (Å²) < 4.78 is 0. The average Bonchev–Trinajstić information content (AvgIpc) is 2.59. The minimum absolute atomic E-state index is 0. The van der Waals surface area contributed by atoms with Crippen molar-refractivity contribution >= 4 is 24.2 Å². The van der Waals surface area contributed by atoms with Crippen LogP contribution in [0, 0.1) is 0 Å². The maximum absolute atomic E-state index is 12.3. The van der Waals surface area contributed by atoms with Gasteiger partial charge in [0.25, 0.3) is 0 Å². The topological polar surface area (TPSA) is 75.4 Å². The molecule has 5 nitrogen and oxygen atoms in total. The number of hydrogen-bond donors (Lipinski definition) is 2. The first-order chi connectivity index (χ1) is 11.2. The molecule has 0 aliphatic carbocycles. The Hall–Kier alpha value is -1.59. The maximum atomic E-state index is 12.3. The van der Waals surface area contributed by atoms with E-state index in [-0.39, 0.29) is 30.3 Å². The van der Waals surface area contributed by atoms with Crippen LogP contribution in [-0.2, 0) is 16.0 Å². The van der Waals surface area contributed by atoms with Crippen molar-refractivity contribution in [1.82, 2.24) is 10.2 Å². The highest BCUT2D eigenvalue weighted by atomic mass is 35.5. The van der Waals surface area contributed by atoms with Gasteiger partial charge >= 0.3 is 0 Å². The second-order valence-electron chi connectivity index (χ2n) is 6.10. The van der Waals surface area contributed by atoms with Crippen molar-refractivity contribution in [1.29, 1.82) is 0 Å².